The molecule has 2 aliphatic rings. The van der Waals surface area contributed by atoms with Gasteiger partial charge in [0.05, 0.1) is 6.54 Å². The van der Waals surface area contributed by atoms with Gasteiger partial charge in [-0.3, -0.25) is 14.5 Å². The zero-order valence-electron chi connectivity index (χ0n) is 19.2. The van der Waals surface area contributed by atoms with Crippen molar-refractivity contribution in [3.63, 3.8) is 0 Å². The average Bonchev–Trinajstić information content (AvgIpc) is 2.97. The molecule has 5 rings (SSSR count). The normalized spacial score (nSPS) is 21.7. The highest BCUT2D eigenvalue weighted by Crippen LogP contribution is 2.37. The fraction of sp³-hybridized carbons (Fsp3) is 0.407. The molecule has 5 nitrogen and oxygen atoms in total. The first-order valence-corrected chi connectivity index (χ1v) is 12.3. The lowest BCUT2D eigenvalue weighted by Crippen LogP contribution is -2.65. The molecule has 1 aliphatic carbocycles. The molecule has 2 aromatic carbocycles. The van der Waals surface area contributed by atoms with Gasteiger partial charge in [0.1, 0.15) is 11.2 Å². The lowest BCUT2D eigenvalue weighted by atomic mass is 9.92. The number of aryl methyl sites for hydroxylation is 1. The van der Waals surface area contributed by atoms with Crippen LogP contribution in [0.25, 0.3) is 10.9 Å². The van der Waals surface area contributed by atoms with Crippen LogP contribution in [0, 0.1) is 6.92 Å². The lowest BCUT2D eigenvalue weighted by molar-refractivity contribution is -0.127. The molecule has 2 heterocycles. The molecule has 1 atom stereocenters. The number of nitrogens with one attached hydrogen (secondary N) is 1. The Labute approximate surface area is 199 Å². The van der Waals surface area contributed by atoms with Gasteiger partial charge in [-0.15, -0.1) is 0 Å². The number of hydrogen-bond acceptors (Lipinski definition) is 2. The standard InChI is InChI=1S/C27H30ClN3O2/c1-18-13-14-21(16-22(18)28)31-25(32)24-15-19-9-7-8-12-23(19)30(24)17-27(31,2)26(33)29-20-10-5-3-4-6-11-20/h7-9,12-16,20H,3-6,10-11,17H2,1-2H3,(H,29,33)/t27-/m1/s1. The summed E-state index contributed by atoms with van der Waals surface area (Å²) < 4.78 is 2.00. The number of fused-ring (bicyclic) bond motifs is 3. The minimum atomic E-state index is -1.09. The second-order valence-corrected chi connectivity index (χ2v) is 10.1. The van der Waals surface area contributed by atoms with Gasteiger partial charge >= 0.3 is 0 Å². The highest BCUT2D eigenvalue weighted by molar-refractivity contribution is 6.31. The first kappa shape index (κ1) is 22.0. The number of carbonyl (C=O) groups is 2. The van der Waals surface area contributed by atoms with E-state index < -0.39 is 5.54 Å². The fourth-order valence-corrected chi connectivity index (χ4v) is 5.51. The molecule has 0 saturated heterocycles. The van der Waals surface area contributed by atoms with E-state index in [4.69, 9.17) is 11.6 Å². The molecule has 0 unspecified atom stereocenters. The van der Waals surface area contributed by atoms with Gasteiger partial charge in [0, 0.05) is 27.7 Å². The number of aromatic nitrogens is 1. The molecule has 0 spiro atoms. The maximum atomic E-state index is 13.9. The van der Waals surface area contributed by atoms with Gasteiger partial charge in [-0.25, -0.2) is 0 Å². The quantitative estimate of drug-likeness (QED) is 0.494. The Morgan fingerprint density at radius 1 is 1.06 bits per heavy atom. The summed E-state index contributed by atoms with van der Waals surface area (Å²) in [5.41, 5.74) is 2.05. The van der Waals surface area contributed by atoms with Gasteiger partial charge < -0.3 is 9.88 Å². The number of halogens is 1. The molecule has 1 N–H and O–H groups in total. The molecular formula is C27H30ClN3O2. The van der Waals surface area contributed by atoms with Crippen LogP contribution in [0.3, 0.4) is 0 Å². The summed E-state index contributed by atoms with van der Waals surface area (Å²) in [5.74, 6) is -0.293. The number of carbonyl (C=O) groups excluding carboxylic acids is 2. The Bertz CT molecular complexity index is 1230. The van der Waals surface area contributed by atoms with Crippen LogP contribution in [-0.4, -0.2) is 28.0 Å². The van der Waals surface area contributed by atoms with Crippen LogP contribution in [0.2, 0.25) is 5.02 Å². The van der Waals surface area contributed by atoms with Gasteiger partial charge in [-0.1, -0.05) is 61.5 Å². The predicted molar refractivity (Wildman–Crippen MR) is 133 cm³/mol. The van der Waals surface area contributed by atoms with Crippen molar-refractivity contribution in [1.82, 2.24) is 9.88 Å². The second-order valence-electron chi connectivity index (χ2n) is 9.68. The minimum absolute atomic E-state index is 0.108. The van der Waals surface area contributed by atoms with Crippen molar-refractivity contribution in [2.45, 2.75) is 70.5 Å². The maximum absolute atomic E-state index is 13.9. The predicted octanol–water partition coefficient (Wildman–Crippen LogP) is 5.86. The summed E-state index contributed by atoms with van der Waals surface area (Å²) >= 11 is 6.45. The maximum Gasteiger partial charge on any atom is 0.275 e. The molecule has 1 fully saturated rings. The number of nitrogens with zero attached hydrogens (tertiary/aromatic N) is 2. The number of para-hydroxylation sites is 1. The zero-order valence-corrected chi connectivity index (χ0v) is 20.0. The van der Waals surface area contributed by atoms with Crippen molar-refractivity contribution in [2.24, 2.45) is 0 Å². The van der Waals surface area contributed by atoms with Crippen LogP contribution in [0.1, 0.15) is 61.5 Å². The molecule has 3 aromatic rings. The third-order valence-electron chi connectivity index (χ3n) is 7.29. The smallest absolute Gasteiger partial charge is 0.275 e. The van der Waals surface area contributed by atoms with Gasteiger partial charge in [0.2, 0.25) is 5.91 Å². The molecule has 1 aromatic heterocycles. The van der Waals surface area contributed by atoms with Crippen molar-refractivity contribution in [3.05, 3.63) is 64.8 Å². The number of hydrogen-bond donors (Lipinski definition) is 1. The first-order valence-electron chi connectivity index (χ1n) is 11.9. The summed E-state index contributed by atoms with van der Waals surface area (Å²) in [7, 11) is 0. The summed E-state index contributed by atoms with van der Waals surface area (Å²) in [6.45, 7) is 4.19. The van der Waals surface area contributed by atoms with Crippen LogP contribution in [0.15, 0.2) is 48.5 Å². The van der Waals surface area contributed by atoms with E-state index >= 15 is 0 Å². The Morgan fingerprint density at radius 3 is 2.52 bits per heavy atom. The van der Waals surface area contributed by atoms with Gasteiger partial charge in [-0.05, 0) is 56.5 Å². The topological polar surface area (TPSA) is 54.3 Å². The van der Waals surface area contributed by atoms with Crippen LogP contribution in [0.4, 0.5) is 5.69 Å². The van der Waals surface area contributed by atoms with Crippen LogP contribution in [-0.2, 0) is 11.3 Å². The monoisotopic (exact) mass is 463 g/mol. The highest BCUT2D eigenvalue weighted by atomic mass is 35.5. The average molecular weight is 464 g/mol. The van der Waals surface area contributed by atoms with Crippen LogP contribution < -0.4 is 10.2 Å². The van der Waals surface area contributed by atoms with Crippen molar-refractivity contribution in [2.75, 3.05) is 4.90 Å². The van der Waals surface area contributed by atoms with E-state index in [0.29, 0.717) is 22.9 Å². The Kier molecular flexibility index (Phi) is 5.69. The molecular weight excluding hydrogens is 434 g/mol. The Balaban J connectivity index is 1.60. The van der Waals surface area contributed by atoms with Crippen LogP contribution in [0.5, 0.6) is 0 Å². The minimum Gasteiger partial charge on any atom is -0.351 e. The summed E-state index contributed by atoms with van der Waals surface area (Å²) in [5, 5.41) is 4.89. The highest BCUT2D eigenvalue weighted by Gasteiger charge is 2.49. The van der Waals surface area contributed by atoms with Crippen LogP contribution >= 0.6 is 11.6 Å². The van der Waals surface area contributed by atoms with E-state index in [1.165, 1.54) is 12.8 Å². The Hall–Kier alpha value is -2.79. The first-order chi connectivity index (χ1) is 15.9. The molecule has 0 radical (unpaired) electrons. The number of benzene rings is 2. The van der Waals surface area contributed by atoms with E-state index in [-0.39, 0.29) is 17.9 Å². The summed E-state index contributed by atoms with van der Waals surface area (Å²) in [4.78, 5) is 29.5. The van der Waals surface area contributed by atoms with E-state index in [2.05, 4.69) is 5.32 Å². The number of anilines is 1. The largest absolute Gasteiger partial charge is 0.351 e. The molecule has 1 saturated carbocycles. The third kappa shape index (κ3) is 3.82. The summed E-state index contributed by atoms with van der Waals surface area (Å²) in [6.07, 6.45) is 6.67. The lowest BCUT2D eigenvalue weighted by Gasteiger charge is -2.44. The van der Waals surface area contributed by atoms with E-state index in [1.807, 2.05) is 60.9 Å². The fourth-order valence-electron chi connectivity index (χ4n) is 5.34. The van der Waals surface area contributed by atoms with Gasteiger partial charge in [0.25, 0.3) is 5.91 Å². The SMILES string of the molecule is Cc1ccc(N2C(=O)c3cc4ccccc4n3C[C@]2(C)C(=O)NC2CCCCCC2)cc1Cl. The molecule has 0 bridgehead atoms. The van der Waals surface area contributed by atoms with E-state index in [1.54, 1.807) is 11.0 Å². The zero-order chi connectivity index (χ0) is 23.2. The Morgan fingerprint density at radius 2 is 1.79 bits per heavy atom. The molecule has 33 heavy (non-hydrogen) atoms. The molecule has 1 aliphatic heterocycles. The molecule has 172 valence electrons. The molecule has 2 amide bonds. The summed E-state index contributed by atoms with van der Waals surface area (Å²) in [6, 6.07) is 15.6. The van der Waals surface area contributed by atoms with E-state index in [0.717, 1.165) is 42.1 Å². The van der Waals surface area contributed by atoms with Crippen molar-refractivity contribution in [1.29, 1.82) is 0 Å². The number of amides is 2. The molecule has 6 heteroatoms. The van der Waals surface area contributed by atoms with Crippen molar-refractivity contribution < 1.29 is 9.59 Å². The van der Waals surface area contributed by atoms with Crippen molar-refractivity contribution >= 4 is 40.0 Å². The third-order valence-corrected chi connectivity index (χ3v) is 7.69. The van der Waals surface area contributed by atoms with E-state index in [9.17, 15) is 9.59 Å². The second kappa shape index (κ2) is 8.53. The van der Waals surface area contributed by atoms with Crippen molar-refractivity contribution in [3.8, 4) is 0 Å². The van der Waals surface area contributed by atoms with Gasteiger partial charge in [0.15, 0.2) is 0 Å². The van der Waals surface area contributed by atoms with Gasteiger partial charge in [-0.2, -0.15) is 0 Å². The number of rotatable bonds is 3.